The van der Waals surface area contributed by atoms with Gasteiger partial charge in [-0.15, -0.1) is 0 Å². The number of benzene rings is 2. The summed E-state index contributed by atoms with van der Waals surface area (Å²) in [4.78, 5) is 35.2. The molecule has 0 aliphatic carbocycles. The van der Waals surface area contributed by atoms with E-state index in [9.17, 15) is 14.7 Å². The molecule has 1 aromatic heterocycles. The van der Waals surface area contributed by atoms with E-state index in [-0.39, 0.29) is 27.7 Å². The second-order valence-corrected chi connectivity index (χ2v) is 7.11. The van der Waals surface area contributed by atoms with Crippen molar-refractivity contribution >= 4 is 46.5 Å². The molecule has 1 amide bonds. The van der Waals surface area contributed by atoms with Crippen LogP contribution in [0.15, 0.2) is 72.7 Å². The van der Waals surface area contributed by atoms with Crippen molar-refractivity contribution in [1.82, 2.24) is 9.97 Å². The number of halogens is 2. The van der Waals surface area contributed by atoms with Crippen LogP contribution >= 0.6 is 23.2 Å². The average molecular weight is 426 g/mol. The third-order valence-corrected chi connectivity index (χ3v) is 5.14. The Morgan fingerprint density at radius 3 is 2.38 bits per heavy atom. The molecule has 0 spiro atoms. The van der Waals surface area contributed by atoms with Gasteiger partial charge in [0.25, 0.3) is 5.78 Å². The summed E-state index contributed by atoms with van der Waals surface area (Å²) in [6.07, 6.45) is 4.26. The van der Waals surface area contributed by atoms with Gasteiger partial charge in [-0.25, -0.2) is 4.98 Å². The number of carbonyl (C=O) groups excluding carboxylic acids is 2. The zero-order valence-corrected chi connectivity index (χ0v) is 16.3. The molecule has 1 fully saturated rings. The van der Waals surface area contributed by atoms with Crippen LogP contribution in [0.5, 0.6) is 0 Å². The lowest BCUT2D eigenvalue weighted by atomic mass is 9.95. The molecule has 2 heterocycles. The van der Waals surface area contributed by atoms with Gasteiger partial charge in [-0.1, -0.05) is 47.5 Å². The number of carbonyl (C=O) groups is 2. The molecule has 29 heavy (non-hydrogen) atoms. The highest BCUT2D eigenvalue weighted by Gasteiger charge is 2.47. The number of aliphatic hydroxyl groups is 1. The Bertz CT molecular complexity index is 1130. The van der Waals surface area contributed by atoms with E-state index >= 15 is 0 Å². The maximum absolute atomic E-state index is 12.9. The number of hydrogen-bond donors (Lipinski definition) is 1. The molecule has 6 nitrogen and oxygen atoms in total. The first-order valence-corrected chi connectivity index (χ1v) is 9.32. The smallest absolute Gasteiger partial charge is 0.301 e. The van der Waals surface area contributed by atoms with Gasteiger partial charge in [0.05, 0.1) is 22.8 Å². The zero-order chi connectivity index (χ0) is 20.5. The van der Waals surface area contributed by atoms with Crippen LogP contribution in [-0.2, 0) is 9.59 Å². The van der Waals surface area contributed by atoms with Crippen LogP contribution in [0.25, 0.3) is 5.76 Å². The highest BCUT2D eigenvalue weighted by Crippen LogP contribution is 2.42. The third-order valence-electron chi connectivity index (χ3n) is 4.56. The van der Waals surface area contributed by atoms with Crippen LogP contribution in [0.1, 0.15) is 17.2 Å². The molecule has 1 aliphatic rings. The Labute approximate surface area is 176 Å². The minimum atomic E-state index is -0.916. The van der Waals surface area contributed by atoms with E-state index in [1.54, 1.807) is 48.5 Å². The first-order valence-electron chi connectivity index (χ1n) is 8.56. The molecule has 0 saturated carbocycles. The molecule has 4 rings (SSSR count). The standard InChI is InChI=1S/C21H13Cl2N3O3/c22-13-7-5-12(6-8-13)18-17(19(27)14-3-1-2-4-15(14)23)20(28)21(29)26(18)16-11-24-9-10-25-16/h1-11,18,27H. The molecule has 1 aliphatic heterocycles. The van der Waals surface area contributed by atoms with Gasteiger partial charge >= 0.3 is 5.91 Å². The summed E-state index contributed by atoms with van der Waals surface area (Å²) < 4.78 is 0. The van der Waals surface area contributed by atoms with Crippen LogP contribution < -0.4 is 4.90 Å². The Morgan fingerprint density at radius 1 is 1.00 bits per heavy atom. The topological polar surface area (TPSA) is 83.4 Å². The lowest BCUT2D eigenvalue weighted by Gasteiger charge is -2.24. The fourth-order valence-corrected chi connectivity index (χ4v) is 3.59. The molecular weight excluding hydrogens is 413 g/mol. The Balaban J connectivity index is 1.97. The van der Waals surface area contributed by atoms with Crippen LogP contribution in [0.2, 0.25) is 10.0 Å². The molecule has 8 heteroatoms. The number of aromatic nitrogens is 2. The van der Waals surface area contributed by atoms with E-state index in [4.69, 9.17) is 23.2 Å². The van der Waals surface area contributed by atoms with Gasteiger partial charge in [-0.05, 0) is 29.8 Å². The predicted molar refractivity (Wildman–Crippen MR) is 110 cm³/mol. The minimum Gasteiger partial charge on any atom is -0.507 e. The van der Waals surface area contributed by atoms with E-state index < -0.39 is 17.7 Å². The van der Waals surface area contributed by atoms with Gasteiger partial charge in [0.2, 0.25) is 0 Å². The maximum atomic E-state index is 12.9. The van der Waals surface area contributed by atoms with Gasteiger partial charge < -0.3 is 5.11 Å². The molecule has 1 unspecified atom stereocenters. The highest BCUT2D eigenvalue weighted by atomic mass is 35.5. The molecular formula is C21H13Cl2N3O3. The molecule has 144 valence electrons. The molecule has 1 saturated heterocycles. The number of anilines is 1. The van der Waals surface area contributed by atoms with Crippen molar-refractivity contribution in [1.29, 1.82) is 0 Å². The Kier molecular flexibility index (Phi) is 5.05. The second-order valence-electron chi connectivity index (χ2n) is 6.26. The number of Topliss-reactive ketones (excluding diaryl/α,β-unsaturated/α-hetero) is 1. The van der Waals surface area contributed by atoms with Crippen molar-refractivity contribution in [2.45, 2.75) is 6.04 Å². The largest absolute Gasteiger partial charge is 0.507 e. The fraction of sp³-hybridized carbons (Fsp3) is 0.0476. The quantitative estimate of drug-likeness (QED) is 0.381. The molecule has 3 aromatic rings. The van der Waals surface area contributed by atoms with Gasteiger partial charge in [-0.3, -0.25) is 19.5 Å². The predicted octanol–water partition coefficient (Wildman–Crippen LogP) is 4.41. The average Bonchev–Trinajstić information content (AvgIpc) is 3.00. The Morgan fingerprint density at radius 2 is 1.72 bits per heavy atom. The first-order chi connectivity index (χ1) is 14.0. The van der Waals surface area contributed by atoms with E-state index in [2.05, 4.69) is 9.97 Å². The van der Waals surface area contributed by atoms with Crippen LogP contribution in [-0.4, -0.2) is 26.8 Å². The third kappa shape index (κ3) is 3.37. The van der Waals surface area contributed by atoms with Gasteiger partial charge in [-0.2, -0.15) is 0 Å². The SMILES string of the molecule is O=C1C(=O)N(c2cnccn2)C(c2ccc(Cl)cc2)C1=C(O)c1ccccc1Cl. The minimum absolute atomic E-state index is 0.0870. The summed E-state index contributed by atoms with van der Waals surface area (Å²) in [5, 5.41) is 11.7. The summed E-state index contributed by atoms with van der Waals surface area (Å²) >= 11 is 12.2. The molecule has 0 radical (unpaired) electrons. The summed E-state index contributed by atoms with van der Waals surface area (Å²) in [6, 6.07) is 12.3. The van der Waals surface area contributed by atoms with Crippen molar-refractivity contribution in [3.05, 3.63) is 93.9 Å². The van der Waals surface area contributed by atoms with Gasteiger partial charge in [0.1, 0.15) is 5.76 Å². The Hall–Kier alpha value is -3.22. The van der Waals surface area contributed by atoms with Crippen LogP contribution in [0.3, 0.4) is 0 Å². The van der Waals surface area contributed by atoms with Crippen molar-refractivity contribution < 1.29 is 14.7 Å². The highest BCUT2D eigenvalue weighted by molar-refractivity contribution is 6.51. The lowest BCUT2D eigenvalue weighted by Crippen LogP contribution is -2.30. The number of aliphatic hydroxyl groups excluding tert-OH is 1. The fourth-order valence-electron chi connectivity index (χ4n) is 3.24. The van der Waals surface area contributed by atoms with Crippen molar-refractivity contribution in [2.24, 2.45) is 0 Å². The molecule has 1 atom stereocenters. The lowest BCUT2D eigenvalue weighted by molar-refractivity contribution is -0.132. The van der Waals surface area contributed by atoms with Crippen molar-refractivity contribution in [2.75, 3.05) is 4.90 Å². The van der Waals surface area contributed by atoms with Crippen molar-refractivity contribution in [3.8, 4) is 0 Å². The number of ketones is 1. The second kappa shape index (κ2) is 7.66. The summed E-state index contributed by atoms with van der Waals surface area (Å²) in [7, 11) is 0. The van der Waals surface area contributed by atoms with Crippen molar-refractivity contribution in [3.63, 3.8) is 0 Å². The van der Waals surface area contributed by atoms with Gasteiger partial charge in [0.15, 0.2) is 5.82 Å². The maximum Gasteiger partial charge on any atom is 0.301 e. The number of amides is 1. The van der Waals surface area contributed by atoms with Crippen LogP contribution in [0.4, 0.5) is 5.82 Å². The van der Waals surface area contributed by atoms with E-state index in [1.165, 1.54) is 23.5 Å². The first kappa shape index (κ1) is 19.1. The number of rotatable bonds is 3. The summed E-state index contributed by atoms with van der Waals surface area (Å²) in [5.41, 5.74) is 0.745. The zero-order valence-electron chi connectivity index (χ0n) is 14.8. The molecule has 0 bridgehead atoms. The van der Waals surface area contributed by atoms with E-state index in [1.807, 2.05) is 0 Å². The van der Waals surface area contributed by atoms with E-state index in [0.717, 1.165) is 0 Å². The normalized spacial score (nSPS) is 18.3. The van der Waals surface area contributed by atoms with E-state index in [0.29, 0.717) is 10.6 Å². The van der Waals surface area contributed by atoms with Crippen LogP contribution in [0, 0.1) is 0 Å². The molecule has 2 aromatic carbocycles. The monoisotopic (exact) mass is 425 g/mol. The number of hydrogen-bond acceptors (Lipinski definition) is 5. The molecule has 1 N–H and O–H groups in total. The summed E-state index contributed by atoms with van der Waals surface area (Å²) in [5.74, 6) is -1.83. The van der Waals surface area contributed by atoms with Gasteiger partial charge in [0, 0.05) is 23.0 Å². The summed E-state index contributed by atoms with van der Waals surface area (Å²) in [6.45, 7) is 0. The number of nitrogens with zero attached hydrogens (tertiary/aromatic N) is 3.